The van der Waals surface area contributed by atoms with Crippen molar-refractivity contribution in [2.45, 2.75) is 13.3 Å². The van der Waals surface area contributed by atoms with Gasteiger partial charge in [0, 0.05) is 18.1 Å². The number of rotatable bonds is 5. The van der Waals surface area contributed by atoms with Gasteiger partial charge in [0.05, 0.1) is 16.8 Å². The van der Waals surface area contributed by atoms with Crippen LogP contribution in [0.3, 0.4) is 0 Å². The lowest BCUT2D eigenvalue weighted by molar-refractivity contribution is 0.582. The first-order valence-electron chi connectivity index (χ1n) is 6.06. The number of thiazole rings is 2. The predicted octanol–water partition coefficient (Wildman–Crippen LogP) is 4.35. The van der Waals surface area contributed by atoms with Crippen molar-refractivity contribution in [3.63, 3.8) is 0 Å². The second kappa shape index (κ2) is 5.54. The predicted molar refractivity (Wildman–Crippen MR) is 79.7 cm³/mol. The fraction of sp³-hybridized carbons (Fsp3) is 0.231. The van der Waals surface area contributed by atoms with Crippen molar-refractivity contribution in [3.05, 3.63) is 30.0 Å². The van der Waals surface area contributed by atoms with Crippen molar-refractivity contribution in [1.82, 2.24) is 9.97 Å². The van der Waals surface area contributed by atoms with E-state index in [1.807, 2.05) is 18.3 Å². The van der Waals surface area contributed by atoms with Gasteiger partial charge in [0.2, 0.25) is 0 Å². The molecule has 0 unspecified atom stereocenters. The van der Waals surface area contributed by atoms with Gasteiger partial charge in [-0.15, -0.1) is 22.7 Å². The van der Waals surface area contributed by atoms with E-state index in [1.165, 1.54) is 0 Å². The van der Waals surface area contributed by atoms with Crippen LogP contribution in [0.1, 0.15) is 13.3 Å². The number of hydrogen-bond donors (Lipinski definition) is 1. The van der Waals surface area contributed by atoms with Crippen LogP contribution in [-0.4, -0.2) is 16.5 Å². The first kappa shape index (κ1) is 12.4. The lowest BCUT2D eigenvalue weighted by Crippen LogP contribution is -1.98. The summed E-state index contributed by atoms with van der Waals surface area (Å²) in [6, 6.07) is 3.78. The molecule has 0 amide bonds. The Balaban J connectivity index is 1.81. The lowest BCUT2D eigenvalue weighted by atomic mass is 10.4. The first-order valence-corrected chi connectivity index (χ1v) is 7.76. The van der Waals surface area contributed by atoms with Crippen LogP contribution in [0, 0.1) is 0 Å². The van der Waals surface area contributed by atoms with Crippen LogP contribution in [-0.2, 0) is 0 Å². The van der Waals surface area contributed by atoms with Crippen molar-refractivity contribution >= 4 is 27.8 Å². The van der Waals surface area contributed by atoms with Gasteiger partial charge in [-0.3, -0.25) is 0 Å². The molecule has 0 aliphatic heterocycles. The second-order valence-electron chi connectivity index (χ2n) is 3.97. The molecule has 3 rings (SSSR count). The van der Waals surface area contributed by atoms with Crippen LogP contribution in [0.15, 0.2) is 34.4 Å². The van der Waals surface area contributed by atoms with Crippen LogP contribution < -0.4 is 5.32 Å². The number of aromatic nitrogens is 2. The topological polar surface area (TPSA) is 51.0 Å². The van der Waals surface area contributed by atoms with Gasteiger partial charge in [-0.25, -0.2) is 9.97 Å². The monoisotopic (exact) mass is 291 g/mol. The number of furan rings is 1. The van der Waals surface area contributed by atoms with E-state index in [2.05, 4.69) is 27.6 Å². The van der Waals surface area contributed by atoms with Crippen molar-refractivity contribution in [1.29, 1.82) is 0 Å². The maximum Gasteiger partial charge on any atom is 0.183 e. The summed E-state index contributed by atoms with van der Waals surface area (Å²) in [5, 5.41) is 7.19. The minimum atomic E-state index is 0.802. The molecule has 98 valence electrons. The van der Waals surface area contributed by atoms with E-state index >= 15 is 0 Å². The quantitative estimate of drug-likeness (QED) is 0.759. The molecule has 3 aromatic rings. The maximum atomic E-state index is 5.34. The van der Waals surface area contributed by atoms with Crippen LogP contribution in [0.5, 0.6) is 0 Å². The summed E-state index contributed by atoms with van der Waals surface area (Å²) in [7, 11) is 0. The van der Waals surface area contributed by atoms with Crippen LogP contribution in [0.4, 0.5) is 5.13 Å². The Bertz CT molecular complexity index is 642. The number of nitrogens with one attached hydrogen (secondary N) is 1. The molecule has 0 saturated carbocycles. The minimum Gasteiger partial charge on any atom is -0.462 e. The smallest absolute Gasteiger partial charge is 0.183 e. The molecule has 19 heavy (non-hydrogen) atoms. The highest BCUT2D eigenvalue weighted by atomic mass is 32.1. The van der Waals surface area contributed by atoms with Gasteiger partial charge in [0.15, 0.2) is 15.9 Å². The van der Waals surface area contributed by atoms with E-state index in [9.17, 15) is 0 Å². The molecule has 4 nitrogen and oxygen atoms in total. The van der Waals surface area contributed by atoms with E-state index in [0.717, 1.165) is 39.4 Å². The van der Waals surface area contributed by atoms with Crippen molar-refractivity contribution < 1.29 is 4.42 Å². The molecule has 0 aliphatic rings. The third kappa shape index (κ3) is 2.69. The number of nitrogens with zero attached hydrogens (tertiary/aromatic N) is 2. The Morgan fingerprint density at radius 1 is 1.42 bits per heavy atom. The fourth-order valence-electron chi connectivity index (χ4n) is 1.61. The van der Waals surface area contributed by atoms with E-state index in [-0.39, 0.29) is 0 Å². The van der Waals surface area contributed by atoms with E-state index in [4.69, 9.17) is 4.42 Å². The van der Waals surface area contributed by atoms with E-state index in [1.54, 1.807) is 28.9 Å². The van der Waals surface area contributed by atoms with Gasteiger partial charge >= 0.3 is 0 Å². The molecule has 3 heterocycles. The molecule has 0 aliphatic carbocycles. The Morgan fingerprint density at radius 3 is 3.16 bits per heavy atom. The molecule has 0 saturated heterocycles. The van der Waals surface area contributed by atoms with Gasteiger partial charge in [-0.05, 0) is 18.6 Å². The molecule has 0 atom stereocenters. The summed E-state index contributed by atoms with van der Waals surface area (Å²) >= 11 is 3.22. The average molecular weight is 291 g/mol. The number of anilines is 1. The second-order valence-corrected chi connectivity index (χ2v) is 5.86. The first-order chi connectivity index (χ1) is 9.36. The lowest BCUT2D eigenvalue weighted by Gasteiger charge is -1.96. The molecule has 0 aromatic carbocycles. The highest BCUT2D eigenvalue weighted by Crippen LogP contribution is 2.33. The van der Waals surface area contributed by atoms with Crippen molar-refractivity contribution in [2.75, 3.05) is 11.9 Å². The zero-order valence-electron chi connectivity index (χ0n) is 10.4. The summed E-state index contributed by atoms with van der Waals surface area (Å²) in [6.45, 7) is 3.09. The molecule has 6 heteroatoms. The van der Waals surface area contributed by atoms with Crippen LogP contribution >= 0.6 is 22.7 Å². The highest BCUT2D eigenvalue weighted by Gasteiger charge is 2.11. The van der Waals surface area contributed by atoms with Crippen LogP contribution in [0.2, 0.25) is 0 Å². The Morgan fingerprint density at radius 2 is 2.37 bits per heavy atom. The average Bonchev–Trinajstić information content (AvgIpc) is 3.14. The maximum absolute atomic E-state index is 5.34. The van der Waals surface area contributed by atoms with Gasteiger partial charge in [-0.2, -0.15) is 0 Å². The SMILES string of the molecule is CCCNc1nc(-c2cnc(-c3ccco3)s2)cs1. The van der Waals surface area contributed by atoms with Gasteiger partial charge in [-0.1, -0.05) is 6.92 Å². The molecule has 0 radical (unpaired) electrons. The van der Waals surface area contributed by atoms with E-state index in [0.29, 0.717) is 0 Å². The zero-order chi connectivity index (χ0) is 13.1. The summed E-state index contributed by atoms with van der Waals surface area (Å²) in [5.41, 5.74) is 0.971. The van der Waals surface area contributed by atoms with Crippen molar-refractivity contribution in [3.8, 4) is 21.3 Å². The molecule has 0 spiro atoms. The largest absolute Gasteiger partial charge is 0.462 e. The molecular weight excluding hydrogens is 278 g/mol. The highest BCUT2D eigenvalue weighted by molar-refractivity contribution is 7.19. The Hall–Kier alpha value is -1.66. The van der Waals surface area contributed by atoms with Crippen molar-refractivity contribution in [2.24, 2.45) is 0 Å². The Labute approximate surface area is 119 Å². The van der Waals surface area contributed by atoms with E-state index < -0.39 is 0 Å². The third-order valence-electron chi connectivity index (χ3n) is 2.52. The van der Waals surface area contributed by atoms with Gasteiger partial charge < -0.3 is 9.73 Å². The molecule has 0 fully saturated rings. The van der Waals surface area contributed by atoms with Gasteiger partial charge in [0.1, 0.15) is 0 Å². The zero-order valence-corrected chi connectivity index (χ0v) is 12.1. The minimum absolute atomic E-state index is 0.802. The standard InChI is InChI=1S/C13H13N3OS2/c1-2-5-14-13-16-9(8-18-13)11-7-15-12(19-11)10-4-3-6-17-10/h3-4,6-8H,2,5H2,1H3,(H,14,16). The molecule has 3 aromatic heterocycles. The summed E-state index contributed by atoms with van der Waals surface area (Å²) in [5.74, 6) is 0.802. The normalized spacial score (nSPS) is 10.8. The molecule has 0 bridgehead atoms. The fourth-order valence-corrected chi connectivity index (χ4v) is 3.27. The summed E-state index contributed by atoms with van der Waals surface area (Å²) in [6.07, 6.45) is 4.60. The number of hydrogen-bond acceptors (Lipinski definition) is 6. The third-order valence-corrected chi connectivity index (χ3v) is 4.35. The molecule has 1 N–H and O–H groups in total. The Kier molecular flexibility index (Phi) is 3.61. The van der Waals surface area contributed by atoms with Gasteiger partial charge in [0.25, 0.3) is 0 Å². The molecular formula is C13H13N3OS2. The summed E-state index contributed by atoms with van der Waals surface area (Å²) < 4.78 is 5.34. The summed E-state index contributed by atoms with van der Waals surface area (Å²) in [4.78, 5) is 10.00. The van der Waals surface area contributed by atoms with Crippen LogP contribution in [0.25, 0.3) is 21.3 Å².